The van der Waals surface area contributed by atoms with Gasteiger partial charge in [0.25, 0.3) is 0 Å². The molecule has 0 amide bonds. The summed E-state index contributed by atoms with van der Waals surface area (Å²) in [6.07, 6.45) is 54.2. The van der Waals surface area contributed by atoms with Crippen molar-refractivity contribution in [2.75, 3.05) is 39.6 Å². The lowest BCUT2D eigenvalue weighted by Crippen LogP contribution is -2.30. The molecule has 0 spiro atoms. The van der Waals surface area contributed by atoms with Crippen molar-refractivity contribution in [3.8, 4) is 0 Å². The Kier molecular flexibility index (Phi) is 66.8. The Morgan fingerprint density at radius 1 is 0.286 bits per heavy atom. The molecule has 0 saturated heterocycles. The first-order valence-corrected chi connectivity index (χ1v) is 43.7. The Balaban J connectivity index is 5.21. The average molecular weight is 1440 g/mol. The maximum Gasteiger partial charge on any atom is 0.472 e. The molecule has 582 valence electrons. The maximum atomic E-state index is 13.1. The summed E-state index contributed by atoms with van der Waals surface area (Å²) in [5.41, 5.74) is 0. The number of aliphatic hydroxyl groups excluding tert-OH is 1. The molecule has 0 aliphatic rings. The molecule has 0 heterocycles. The molecular weight excluding hydrogens is 1280 g/mol. The number of rotatable bonds is 76. The van der Waals surface area contributed by atoms with Crippen molar-refractivity contribution in [3.05, 3.63) is 0 Å². The summed E-state index contributed by atoms with van der Waals surface area (Å²) < 4.78 is 68.6. The molecule has 0 aromatic heterocycles. The first kappa shape index (κ1) is 96.1. The van der Waals surface area contributed by atoms with E-state index in [2.05, 4.69) is 55.4 Å². The molecule has 3 N–H and O–H groups in total. The lowest BCUT2D eigenvalue weighted by molar-refractivity contribution is -0.161. The Morgan fingerprint density at radius 2 is 0.490 bits per heavy atom. The largest absolute Gasteiger partial charge is 0.472 e. The first-order valence-electron chi connectivity index (χ1n) is 40.7. The summed E-state index contributed by atoms with van der Waals surface area (Å²) in [6.45, 7) is 14.2. The number of aliphatic hydroxyl groups is 1. The topological polar surface area (TPSA) is 237 Å². The molecule has 17 nitrogen and oxygen atoms in total. The lowest BCUT2D eigenvalue weighted by Gasteiger charge is -2.21. The fourth-order valence-corrected chi connectivity index (χ4v) is 13.6. The molecule has 0 bridgehead atoms. The van der Waals surface area contributed by atoms with E-state index in [0.717, 1.165) is 114 Å². The second-order valence-corrected chi connectivity index (χ2v) is 33.0. The molecule has 0 fully saturated rings. The van der Waals surface area contributed by atoms with Gasteiger partial charge >= 0.3 is 39.5 Å². The average Bonchev–Trinajstić information content (AvgIpc) is 0.985. The third-order valence-corrected chi connectivity index (χ3v) is 20.6. The highest BCUT2D eigenvalue weighted by Crippen LogP contribution is 2.45. The summed E-state index contributed by atoms with van der Waals surface area (Å²) in [5.74, 6) is 0.965. The SMILES string of the molecule is CCC(C)CCCCCCCCCCC(=O)O[C@H](COC(=O)CCCCCCCCCCCCCCCCCC(C)C)COP(=O)(O)OCC(O)COP(=O)(O)OC[C@@H](COC(=O)CCCCCCCCCC(C)C)OC(=O)CCCCCCCCCCCCCCCCCC(C)C. The predicted molar refractivity (Wildman–Crippen MR) is 400 cm³/mol. The molecule has 0 aliphatic heterocycles. The Morgan fingerprint density at radius 3 is 0.724 bits per heavy atom. The highest BCUT2D eigenvalue weighted by molar-refractivity contribution is 7.47. The van der Waals surface area contributed by atoms with Gasteiger partial charge in [-0.1, -0.05) is 351 Å². The van der Waals surface area contributed by atoms with Gasteiger partial charge in [-0.3, -0.25) is 37.3 Å². The van der Waals surface area contributed by atoms with E-state index in [1.54, 1.807) is 0 Å². The van der Waals surface area contributed by atoms with Crippen LogP contribution in [0.2, 0.25) is 0 Å². The summed E-state index contributed by atoms with van der Waals surface area (Å²) in [7, 11) is -9.92. The second-order valence-electron chi connectivity index (χ2n) is 30.1. The molecule has 0 aromatic carbocycles. The number of phosphoric ester groups is 2. The first-order chi connectivity index (χ1) is 47.1. The van der Waals surface area contributed by atoms with Crippen LogP contribution in [0.1, 0.15) is 402 Å². The van der Waals surface area contributed by atoms with Gasteiger partial charge in [0.15, 0.2) is 12.2 Å². The zero-order chi connectivity index (χ0) is 72.4. The number of phosphoric acid groups is 2. The van der Waals surface area contributed by atoms with Crippen LogP contribution in [-0.4, -0.2) is 96.7 Å². The van der Waals surface area contributed by atoms with Crippen molar-refractivity contribution < 1.29 is 80.2 Å². The van der Waals surface area contributed by atoms with Crippen LogP contribution in [0, 0.1) is 23.7 Å². The molecule has 0 radical (unpaired) electrons. The molecule has 98 heavy (non-hydrogen) atoms. The van der Waals surface area contributed by atoms with Gasteiger partial charge in [-0.2, -0.15) is 0 Å². The Bertz CT molecular complexity index is 1920. The standard InChI is InChI=1S/C79H154O17P2/c1-9-72(8)58-50-42-34-28-29-37-46-54-62-79(84)96-74(65-89-76(81)59-51-43-35-26-22-18-14-10-12-16-20-24-31-39-47-55-69(2)3)67-93-97(85,86)91-63-73(80)64-92-98(87,88)94-68-75(66-90-77(82)60-52-44-38-30-33-41-49-57-71(6)7)95-78(83)61-53-45-36-27-23-19-15-11-13-17-21-25-32-40-48-56-70(4)5/h69-75,80H,9-68H2,1-8H3,(H,85,86)(H,87,88)/t72?,73?,74-,75-/m1/s1. The van der Waals surface area contributed by atoms with Crippen molar-refractivity contribution >= 4 is 39.5 Å². The van der Waals surface area contributed by atoms with Crippen LogP contribution in [0.3, 0.4) is 0 Å². The minimum absolute atomic E-state index is 0.105. The zero-order valence-corrected chi connectivity index (χ0v) is 66.2. The van der Waals surface area contributed by atoms with Crippen LogP contribution < -0.4 is 0 Å². The van der Waals surface area contributed by atoms with Gasteiger partial charge in [0.05, 0.1) is 26.4 Å². The molecule has 6 atom stereocenters. The molecule has 0 aliphatic carbocycles. The number of ether oxygens (including phenoxy) is 4. The van der Waals surface area contributed by atoms with Crippen molar-refractivity contribution in [2.45, 2.75) is 420 Å². The van der Waals surface area contributed by atoms with Crippen LogP contribution in [-0.2, 0) is 65.4 Å². The van der Waals surface area contributed by atoms with Crippen LogP contribution in [0.15, 0.2) is 0 Å². The van der Waals surface area contributed by atoms with Crippen LogP contribution in [0.25, 0.3) is 0 Å². The fourth-order valence-electron chi connectivity index (χ4n) is 12.0. The van der Waals surface area contributed by atoms with E-state index in [1.165, 1.54) is 199 Å². The van der Waals surface area contributed by atoms with E-state index in [1.807, 2.05) is 0 Å². The third-order valence-electron chi connectivity index (χ3n) is 18.7. The Labute approximate surface area is 600 Å². The fraction of sp³-hybridized carbons (Fsp3) is 0.949. The molecule has 0 rings (SSSR count). The summed E-state index contributed by atoms with van der Waals surface area (Å²) in [6, 6.07) is 0. The van der Waals surface area contributed by atoms with Crippen molar-refractivity contribution in [3.63, 3.8) is 0 Å². The minimum Gasteiger partial charge on any atom is -0.462 e. The van der Waals surface area contributed by atoms with Gasteiger partial charge in [-0.25, -0.2) is 9.13 Å². The van der Waals surface area contributed by atoms with Gasteiger partial charge in [0.2, 0.25) is 0 Å². The number of unbranched alkanes of at least 4 members (excludes halogenated alkanes) is 41. The van der Waals surface area contributed by atoms with E-state index in [-0.39, 0.29) is 25.7 Å². The molecule has 19 heteroatoms. The van der Waals surface area contributed by atoms with Crippen molar-refractivity contribution in [2.24, 2.45) is 23.7 Å². The van der Waals surface area contributed by atoms with E-state index < -0.39 is 97.5 Å². The quantitative estimate of drug-likeness (QED) is 0.0222. The molecule has 0 aromatic rings. The maximum absolute atomic E-state index is 13.1. The highest BCUT2D eigenvalue weighted by atomic mass is 31.2. The Hall–Kier alpha value is -1.94. The van der Waals surface area contributed by atoms with Crippen molar-refractivity contribution in [1.82, 2.24) is 0 Å². The lowest BCUT2D eigenvalue weighted by atomic mass is 9.99. The van der Waals surface area contributed by atoms with Gasteiger partial charge in [-0.15, -0.1) is 0 Å². The second kappa shape index (κ2) is 68.2. The third kappa shape index (κ3) is 71.1. The predicted octanol–water partition coefficient (Wildman–Crippen LogP) is 23.2. The summed E-state index contributed by atoms with van der Waals surface area (Å²) >= 11 is 0. The van der Waals surface area contributed by atoms with E-state index in [9.17, 15) is 43.2 Å². The van der Waals surface area contributed by atoms with Crippen LogP contribution in [0.4, 0.5) is 0 Å². The van der Waals surface area contributed by atoms with E-state index >= 15 is 0 Å². The summed E-state index contributed by atoms with van der Waals surface area (Å²) in [4.78, 5) is 72.9. The van der Waals surface area contributed by atoms with Gasteiger partial charge in [-0.05, 0) is 49.4 Å². The normalized spacial score (nSPS) is 14.3. The number of hydrogen-bond donors (Lipinski definition) is 3. The number of hydrogen-bond acceptors (Lipinski definition) is 15. The number of carbonyl (C=O) groups is 4. The smallest absolute Gasteiger partial charge is 0.462 e. The van der Waals surface area contributed by atoms with Gasteiger partial charge in [0.1, 0.15) is 19.3 Å². The zero-order valence-electron chi connectivity index (χ0n) is 64.4. The van der Waals surface area contributed by atoms with E-state index in [0.29, 0.717) is 31.6 Å². The van der Waals surface area contributed by atoms with Gasteiger partial charge in [0, 0.05) is 25.7 Å². The van der Waals surface area contributed by atoms with E-state index in [4.69, 9.17) is 37.0 Å². The van der Waals surface area contributed by atoms with Gasteiger partial charge < -0.3 is 33.8 Å². The number of esters is 4. The molecule has 4 unspecified atom stereocenters. The van der Waals surface area contributed by atoms with Crippen LogP contribution in [0.5, 0.6) is 0 Å². The monoisotopic (exact) mass is 1440 g/mol. The van der Waals surface area contributed by atoms with Crippen molar-refractivity contribution in [1.29, 1.82) is 0 Å². The molecular formula is C79H154O17P2. The number of carbonyl (C=O) groups excluding carboxylic acids is 4. The molecule has 0 saturated carbocycles. The minimum atomic E-state index is -4.96. The summed E-state index contributed by atoms with van der Waals surface area (Å²) in [5, 5.41) is 10.6. The highest BCUT2D eigenvalue weighted by Gasteiger charge is 2.30. The van der Waals surface area contributed by atoms with Crippen LogP contribution >= 0.6 is 15.6 Å².